The highest BCUT2D eigenvalue weighted by molar-refractivity contribution is 6.40. The minimum atomic E-state index is -0.532. The van der Waals surface area contributed by atoms with Crippen molar-refractivity contribution in [3.63, 3.8) is 0 Å². The van der Waals surface area contributed by atoms with E-state index in [2.05, 4.69) is 34.6 Å². The van der Waals surface area contributed by atoms with Gasteiger partial charge in [0.25, 0.3) is 0 Å². The van der Waals surface area contributed by atoms with Crippen LogP contribution in [0, 0.1) is 23.2 Å². The predicted molar refractivity (Wildman–Crippen MR) is 97.0 cm³/mol. The summed E-state index contributed by atoms with van der Waals surface area (Å²) in [4.78, 5) is 0. The van der Waals surface area contributed by atoms with Gasteiger partial charge in [0, 0.05) is 0 Å². The minimum absolute atomic E-state index is 0.0751. The Labute approximate surface area is 137 Å². The fourth-order valence-corrected chi connectivity index (χ4v) is 4.43. The van der Waals surface area contributed by atoms with Gasteiger partial charge in [0.1, 0.15) is 0 Å². The van der Waals surface area contributed by atoms with E-state index in [1.54, 1.807) is 0 Å². The van der Waals surface area contributed by atoms with Crippen LogP contribution in [0.3, 0.4) is 0 Å². The third kappa shape index (κ3) is 4.80. The molecule has 0 nitrogen and oxygen atoms in total. The van der Waals surface area contributed by atoms with Crippen molar-refractivity contribution >= 4 is 15.7 Å². The summed E-state index contributed by atoms with van der Waals surface area (Å²) in [6.07, 6.45) is 11.3. The summed E-state index contributed by atoms with van der Waals surface area (Å²) >= 11 is 0. The van der Waals surface area contributed by atoms with Crippen LogP contribution >= 0.6 is 0 Å². The monoisotopic (exact) mass is 286 g/mol. The van der Waals surface area contributed by atoms with E-state index in [9.17, 15) is 0 Å². The molecule has 0 bridgehead atoms. The number of rotatable bonds is 10. The Hall–Kier alpha value is 0.130. The fourth-order valence-electron chi connectivity index (χ4n) is 4.43. The molecule has 0 N–H and O–H groups in total. The molecular formula is C19H36B2. The molecule has 1 saturated carbocycles. The Bertz CT molecular complexity index is 294. The summed E-state index contributed by atoms with van der Waals surface area (Å²) in [5.41, 5.74) is 0.0751. The standard InChI is InChI=1S/C19H36B2/c1-6-8-9-11-18(5,10-7-2)19(20,21)16(4)14-17-12-15(3)13-17/h15-17H,6-14H2,1-5H3. The van der Waals surface area contributed by atoms with Crippen molar-refractivity contribution in [2.24, 2.45) is 23.2 Å². The van der Waals surface area contributed by atoms with E-state index in [1.807, 2.05) is 0 Å². The fraction of sp³-hybridized carbons (Fsp3) is 1.00. The summed E-state index contributed by atoms with van der Waals surface area (Å²) in [6.45, 7) is 11.5. The SMILES string of the molecule is [B]C([B])(C(C)CC1CC(C)C1)C(C)(CCC)CCCCC. The highest BCUT2D eigenvalue weighted by Gasteiger charge is 2.43. The lowest BCUT2D eigenvalue weighted by molar-refractivity contribution is 0.123. The lowest BCUT2D eigenvalue weighted by Gasteiger charge is -2.52. The number of hydrogen-bond donors (Lipinski definition) is 0. The van der Waals surface area contributed by atoms with Crippen LogP contribution in [-0.2, 0) is 0 Å². The van der Waals surface area contributed by atoms with Crippen molar-refractivity contribution in [1.82, 2.24) is 0 Å². The van der Waals surface area contributed by atoms with Crippen molar-refractivity contribution < 1.29 is 0 Å². The van der Waals surface area contributed by atoms with E-state index in [0.29, 0.717) is 5.92 Å². The molecule has 21 heavy (non-hydrogen) atoms. The second-order valence-corrected chi connectivity index (χ2v) is 8.28. The zero-order chi connectivity index (χ0) is 16.1. The van der Waals surface area contributed by atoms with Gasteiger partial charge < -0.3 is 0 Å². The van der Waals surface area contributed by atoms with E-state index in [-0.39, 0.29) is 5.41 Å². The molecule has 1 rings (SSSR count). The van der Waals surface area contributed by atoms with Gasteiger partial charge in [-0.1, -0.05) is 71.4 Å². The van der Waals surface area contributed by atoms with Gasteiger partial charge in [0.05, 0.1) is 15.7 Å². The zero-order valence-corrected chi connectivity index (χ0v) is 15.3. The molecule has 1 aliphatic rings. The van der Waals surface area contributed by atoms with Crippen LogP contribution in [0.1, 0.15) is 92.4 Å². The molecule has 0 aliphatic heterocycles. The van der Waals surface area contributed by atoms with Gasteiger partial charge in [-0.3, -0.25) is 0 Å². The lowest BCUT2D eigenvalue weighted by Crippen LogP contribution is -2.41. The van der Waals surface area contributed by atoms with Crippen LogP contribution in [0.4, 0.5) is 0 Å². The maximum atomic E-state index is 6.75. The normalized spacial score (nSPS) is 26.9. The Morgan fingerprint density at radius 3 is 2.14 bits per heavy atom. The van der Waals surface area contributed by atoms with Crippen molar-refractivity contribution in [3.8, 4) is 0 Å². The Kier molecular flexibility index (Phi) is 7.41. The molecule has 0 aromatic rings. The molecule has 2 unspecified atom stereocenters. The maximum absolute atomic E-state index is 6.75. The second-order valence-electron chi connectivity index (χ2n) is 8.28. The van der Waals surface area contributed by atoms with Gasteiger partial charge in [0.2, 0.25) is 0 Å². The Morgan fingerprint density at radius 2 is 1.67 bits per heavy atom. The topological polar surface area (TPSA) is 0 Å². The average molecular weight is 286 g/mol. The molecule has 2 heteroatoms. The summed E-state index contributed by atoms with van der Waals surface area (Å²) < 4.78 is 0. The third-order valence-electron chi connectivity index (χ3n) is 6.15. The largest absolute Gasteiger partial charge is 0.0913 e. The first-order valence-electron chi connectivity index (χ1n) is 9.34. The van der Waals surface area contributed by atoms with Gasteiger partial charge >= 0.3 is 0 Å². The molecular weight excluding hydrogens is 250 g/mol. The molecule has 4 radical (unpaired) electrons. The summed E-state index contributed by atoms with van der Waals surface area (Å²) in [6, 6.07) is 0. The summed E-state index contributed by atoms with van der Waals surface area (Å²) in [7, 11) is 13.5. The van der Waals surface area contributed by atoms with E-state index in [0.717, 1.165) is 18.3 Å². The van der Waals surface area contributed by atoms with Crippen LogP contribution in [0.2, 0.25) is 5.21 Å². The Balaban J connectivity index is 2.67. The quantitative estimate of drug-likeness (QED) is 0.346. The molecule has 1 aliphatic carbocycles. The summed E-state index contributed by atoms with van der Waals surface area (Å²) in [5, 5.41) is -0.532. The molecule has 0 aromatic carbocycles. The van der Waals surface area contributed by atoms with Crippen LogP contribution in [0.25, 0.3) is 0 Å². The van der Waals surface area contributed by atoms with Crippen molar-refractivity contribution in [2.75, 3.05) is 0 Å². The first-order valence-corrected chi connectivity index (χ1v) is 9.34. The molecule has 1 fully saturated rings. The molecule has 0 saturated heterocycles. The maximum Gasteiger partial charge on any atom is 0.0631 e. The highest BCUT2D eigenvalue weighted by atomic mass is 14.4. The minimum Gasteiger partial charge on any atom is -0.0913 e. The lowest BCUT2D eigenvalue weighted by atomic mass is 9.35. The highest BCUT2D eigenvalue weighted by Crippen LogP contribution is 2.55. The van der Waals surface area contributed by atoms with E-state index >= 15 is 0 Å². The second kappa shape index (κ2) is 8.11. The predicted octanol–water partition coefficient (Wildman–Crippen LogP) is 5.90. The van der Waals surface area contributed by atoms with Gasteiger partial charge in [-0.2, -0.15) is 0 Å². The van der Waals surface area contributed by atoms with Crippen molar-refractivity contribution in [1.29, 1.82) is 0 Å². The van der Waals surface area contributed by atoms with Gasteiger partial charge in [0.15, 0.2) is 0 Å². The van der Waals surface area contributed by atoms with Gasteiger partial charge in [-0.15, -0.1) is 0 Å². The molecule has 0 amide bonds. The average Bonchev–Trinajstić information content (AvgIpc) is 2.37. The molecule has 2 atom stereocenters. The first-order chi connectivity index (χ1) is 9.76. The van der Waals surface area contributed by atoms with Crippen LogP contribution < -0.4 is 0 Å². The van der Waals surface area contributed by atoms with Crippen molar-refractivity contribution in [2.45, 2.75) is 97.6 Å². The van der Waals surface area contributed by atoms with Crippen molar-refractivity contribution in [3.05, 3.63) is 0 Å². The van der Waals surface area contributed by atoms with Crippen LogP contribution in [-0.4, -0.2) is 15.7 Å². The van der Waals surface area contributed by atoms with E-state index in [4.69, 9.17) is 15.7 Å². The van der Waals surface area contributed by atoms with Crippen LogP contribution in [0.5, 0.6) is 0 Å². The van der Waals surface area contributed by atoms with Gasteiger partial charge in [-0.05, 0) is 49.4 Å². The number of hydrogen-bond acceptors (Lipinski definition) is 0. The van der Waals surface area contributed by atoms with E-state index < -0.39 is 5.21 Å². The molecule has 118 valence electrons. The zero-order valence-electron chi connectivity index (χ0n) is 15.3. The molecule has 0 aromatic heterocycles. The summed E-state index contributed by atoms with van der Waals surface area (Å²) in [5.74, 6) is 2.19. The number of unbranched alkanes of at least 4 members (excludes halogenated alkanes) is 2. The molecule has 0 spiro atoms. The first kappa shape index (κ1) is 19.2. The van der Waals surface area contributed by atoms with E-state index in [1.165, 1.54) is 51.4 Å². The Morgan fingerprint density at radius 1 is 1.05 bits per heavy atom. The smallest absolute Gasteiger partial charge is 0.0631 e. The van der Waals surface area contributed by atoms with Crippen LogP contribution in [0.15, 0.2) is 0 Å². The third-order valence-corrected chi connectivity index (χ3v) is 6.15. The molecule has 0 heterocycles. The van der Waals surface area contributed by atoms with Gasteiger partial charge in [-0.25, -0.2) is 0 Å².